The average Bonchev–Trinajstić information content (AvgIpc) is 2.57. The van der Waals surface area contributed by atoms with Crippen LogP contribution in [0.25, 0.3) is 0 Å². The van der Waals surface area contributed by atoms with Crippen molar-refractivity contribution in [3.8, 4) is 5.75 Å². The molecule has 0 aliphatic carbocycles. The van der Waals surface area contributed by atoms with Crippen molar-refractivity contribution in [3.63, 3.8) is 0 Å². The highest BCUT2D eigenvalue weighted by Crippen LogP contribution is 2.39. The molecular weight excluding hydrogens is 328 g/mol. The lowest BCUT2D eigenvalue weighted by Crippen LogP contribution is -2.53. The van der Waals surface area contributed by atoms with Gasteiger partial charge in [-0.25, -0.2) is 0 Å². The minimum atomic E-state index is -0.519. The number of rotatable bonds is 3. The second-order valence-electron chi connectivity index (χ2n) is 6.95. The molecule has 1 amide bonds. The largest absolute Gasteiger partial charge is 0.508 e. The van der Waals surface area contributed by atoms with E-state index >= 15 is 0 Å². The Morgan fingerprint density at radius 1 is 1.25 bits per heavy atom. The smallest absolute Gasteiger partial charge is 0.239 e. The molecule has 1 aromatic rings. The first-order chi connectivity index (χ1) is 11.1. The van der Waals surface area contributed by atoms with E-state index in [9.17, 15) is 9.90 Å². The highest BCUT2D eigenvalue weighted by Gasteiger charge is 2.39. The number of benzene rings is 1. The Morgan fingerprint density at radius 2 is 1.92 bits per heavy atom. The summed E-state index contributed by atoms with van der Waals surface area (Å²) in [4.78, 5) is 14.7. The van der Waals surface area contributed by atoms with Crippen molar-refractivity contribution in [2.24, 2.45) is 11.1 Å². The molecule has 1 aromatic carbocycles. The van der Waals surface area contributed by atoms with Gasteiger partial charge in [0, 0.05) is 26.3 Å². The molecular formula is C18H27ClN2O3. The van der Waals surface area contributed by atoms with Crippen molar-refractivity contribution in [2.75, 3.05) is 26.3 Å². The van der Waals surface area contributed by atoms with Crippen LogP contribution in [0.4, 0.5) is 0 Å². The van der Waals surface area contributed by atoms with Gasteiger partial charge in [0.2, 0.25) is 5.91 Å². The quantitative estimate of drug-likeness (QED) is 0.871. The van der Waals surface area contributed by atoms with Gasteiger partial charge in [-0.15, -0.1) is 12.4 Å². The molecule has 1 spiro atoms. The Balaban J connectivity index is 0.00000208. The van der Waals surface area contributed by atoms with Crippen LogP contribution in [-0.4, -0.2) is 48.3 Å². The van der Waals surface area contributed by atoms with E-state index < -0.39 is 6.04 Å². The van der Waals surface area contributed by atoms with Gasteiger partial charge in [-0.3, -0.25) is 4.79 Å². The number of halogens is 1. The minimum Gasteiger partial charge on any atom is -0.508 e. The number of nitrogens with zero attached hydrogens (tertiary/aromatic N) is 1. The predicted molar refractivity (Wildman–Crippen MR) is 95.3 cm³/mol. The maximum atomic E-state index is 12.7. The summed E-state index contributed by atoms with van der Waals surface area (Å²) < 4.78 is 5.48. The number of phenolic OH excluding ortho intramolecular Hbond substituents is 1. The fraction of sp³-hybridized carbons (Fsp3) is 0.611. The molecule has 0 aromatic heterocycles. The van der Waals surface area contributed by atoms with Gasteiger partial charge in [0.15, 0.2) is 0 Å². The molecule has 2 fully saturated rings. The molecule has 2 aliphatic heterocycles. The molecule has 2 saturated heterocycles. The Bertz CT molecular complexity index is 538. The number of piperidine rings is 1. The Morgan fingerprint density at radius 3 is 2.58 bits per heavy atom. The highest BCUT2D eigenvalue weighted by atomic mass is 35.5. The van der Waals surface area contributed by atoms with Crippen LogP contribution in [0.1, 0.15) is 31.2 Å². The third kappa shape index (κ3) is 4.41. The van der Waals surface area contributed by atoms with E-state index in [0.29, 0.717) is 6.42 Å². The summed E-state index contributed by atoms with van der Waals surface area (Å²) in [5.74, 6) is 0.273. The number of phenols is 1. The van der Waals surface area contributed by atoms with Crippen LogP contribution in [0.5, 0.6) is 5.75 Å². The molecule has 5 nitrogen and oxygen atoms in total. The van der Waals surface area contributed by atoms with E-state index in [2.05, 4.69) is 0 Å². The summed E-state index contributed by atoms with van der Waals surface area (Å²) in [6.45, 7) is 3.24. The molecule has 134 valence electrons. The SMILES string of the molecule is Cl.N[C@@H](Cc1ccc(O)cc1)C(=O)N1CCCC2(CCOCC2)C1. The van der Waals surface area contributed by atoms with Crippen molar-refractivity contribution in [1.29, 1.82) is 0 Å². The van der Waals surface area contributed by atoms with Crippen molar-refractivity contribution in [3.05, 3.63) is 29.8 Å². The molecule has 2 aliphatic rings. The Kier molecular flexibility index (Phi) is 6.49. The highest BCUT2D eigenvalue weighted by molar-refractivity contribution is 5.85. The Labute approximate surface area is 149 Å². The molecule has 3 N–H and O–H groups in total. The fourth-order valence-corrected chi connectivity index (χ4v) is 3.82. The lowest BCUT2D eigenvalue weighted by Gasteiger charge is -2.45. The van der Waals surface area contributed by atoms with Crippen LogP contribution < -0.4 is 5.73 Å². The number of nitrogens with two attached hydrogens (primary N) is 1. The van der Waals surface area contributed by atoms with Gasteiger partial charge in [0.05, 0.1) is 6.04 Å². The minimum absolute atomic E-state index is 0. The fourth-order valence-electron chi connectivity index (χ4n) is 3.82. The van der Waals surface area contributed by atoms with E-state index in [-0.39, 0.29) is 29.5 Å². The number of ether oxygens (including phenoxy) is 1. The number of carbonyl (C=O) groups excluding carboxylic acids is 1. The second-order valence-corrected chi connectivity index (χ2v) is 6.95. The van der Waals surface area contributed by atoms with Crippen molar-refractivity contribution >= 4 is 18.3 Å². The molecule has 0 unspecified atom stereocenters. The summed E-state index contributed by atoms with van der Waals surface area (Å²) in [5.41, 5.74) is 7.37. The number of hydrogen-bond acceptors (Lipinski definition) is 4. The summed E-state index contributed by atoms with van der Waals surface area (Å²) in [6.07, 6.45) is 4.84. The van der Waals surface area contributed by atoms with Crippen LogP contribution >= 0.6 is 12.4 Å². The third-order valence-corrected chi connectivity index (χ3v) is 5.24. The number of carbonyl (C=O) groups is 1. The van der Waals surface area contributed by atoms with Gasteiger partial charge in [-0.2, -0.15) is 0 Å². The van der Waals surface area contributed by atoms with Crippen LogP contribution in [0.15, 0.2) is 24.3 Å². The lowest BCUT2D eigenvalue weighted by molar-refractivity contribution is -0.138. The standard InChI is InChI=1S/C18H26N2O3.ClH/c19-16(12-14-2-4-15(21)5-3-14)17(22)20-9-1-6-18(13-20)7-10-23-11-8-18;/h2-5,16,21H,1,6-13,19H2;1H/t16-;/m0./s1. The van der Waals surface area contributed by atoms with Gasteiger partial charge in [0.25, 0.3) is 0 Å². The average molecular weight is 355 g/mol. The van der Waals surface area contributed by atoms with Crippen molar-refractivity contribution in [1.82, 2.24) is 4.90 Å². The van der Waals surface area contributed by atoms with E-state index in [4.69, 9.17) is 10.5 Å². The van der Waals surface area contributed by atoms with E-state index in [1.54, 1.807) is 12.1 Å². The lowest BCUT2D eigenvalue weighted by atomic mass is 9.74. The van der Waals surface area contributed by atoms with E-state index in [1.807, 2.05) is 17.0 Å². The molecule has 0 saturated carbocycles. The zero-order valence-corrected chi connectivity index (χ0v) is 14.8. The van der Waals surface area contributed by atoms with Gasteiger partial charge < -0.3 is 20.5 Å². The topological polar surface area (TPSA) is 75.8 Å². The molecule has 1 atom stereocenters. The van der Waals surface area contributed by atoms with Gasteiger partial charge >= 0.3 is 0 Å². The summed E-state index contributed by atoms with van der Waals surface area (Å²) >= 11 is 0. The van der Waals surface area contributed by atoms with Crippen LogP contribution in [0.3, 0.4) is 0 Å². The predicted octanol–water partition coefficient (Wildman–Crippen LogP) is 2.10. The molecule has 0 radical (unpaired) electrons. The van der Waals surface area contributed by atoms with Crippen molar-refractivity contribution in [2.45, 2.75) is 38.1 Å². The maximum absolute atomic E-state index is 12.7. The van der Waals surface area contributed by atoms with Gasteiger partial charge in [-0.05, 0) is 55.2 Å². The molecule has 24 heavy (non-hydrogen) atoms. The van der Waals surface area contributed by atoms with Crippen LogP contribution in [0, 0.1) is 5.41 Å². The molecule has 6 heteroatoms. The van der Waals surface area contributed by atoms with E-state index in [0.717, 1.165) is 51.1 Å². The number of amides is 1. The van der Waals surface area contributed by atoms with Gasteiger partial charge in [-0.1, -0.05) is 12.1 Å². The van der Waals surface area contributed by atoms with Crippen LogP contribution in [0.2, 0.25) is 0 Å². The summed E-state index contributed by atoms with van der Waals surface area (Å²) in [7, 11) is 0. The van der Waals surface area contributed by atoms with Crippen molar-refractivity contribution < 1.29 is 14.6 Å². The number of aromatic hydroxyl groups is 1. The Hall–Kier alpha value is -1.30. The first-order valence-corrected chi connectivity index (χ1v) is 8.48. The molecule has 0 bridgehead atoms. The zero-order valence-electron chi connectivity index (χ0n) is 13.9. The van der Waals surface area contributed by atoms with E-state index in [1.165, 1.54) is 6.42 Å². The first kappa shape index (κ1) is 19.0. The maximum Gasteiger partial charge on any atom is 0.239 e. The monoisotopic (exact) mass is 354 g/mol. The first-order valence-electron chi connectivity index (χ1n) is 8.48. The van der Waals surface area contributed by atoms with Gasteiger partial charge in [0.1, 0.15) is 5.75 Å². The number of hydrogen-bond donors (Lipinski definition) is 2. The normalized spacial score (nSPS) is 21.1. The zero-order chi connectivity index (χ0) is 16.3. The summed E-state index contributed by atoms with van der Waals surface area (Å²) in [5, 5.41) is 9.33. The molecule has 2 heterocycles. The second kappa shape index (κ2) is 8.19. The molecule has 3 rings (SSSR count). The number of likely N-dealkylation sites (tertiary alicyclic amines) is 1. The summed E-state index contributed by atoms with van der Waals surface area (Å²) in [6, 6.07) is 6.38. The van der Waals surface area contributed by atoms with Crippen LogP contribution in [-0.2, 0) is 16.0 Å². The third-order valence-electron chi connectivity index (χ3n) is 5.24.